The SMILES string of the molecule is COc1ccc(/C=C/c2ccc3c(c2)C(=O)N2CC(NC(=O)CSC)C[C@H]2CN3)cc1. The van der Waals surface area contributed by atoms with Gasteiger partial charge in [-0.15, -0.1) is 0 Å². The summed E-state index contributed by atoms with van der Waals surface area (Å²) in [7, 11) is 1.65. The number of rotatable bonds is 6. The van der Waals surface area contributed by atoms with Crippen LogP contribution in [0.5, 0.6) is 5.75 Å². The summed E-state index contributed by atoms with van der Waals surface area (Å²) in [5.41, 5.74) is 3.57. The maximum atomic E-state index is 13.3. The Bertz CT molecular complexity index is 990. The van der Waals surface area contributed by atoms with E-state index in [1.165, 1.54) is 11.8 Å². The van der Waals surface area contributed by atoms with Crippen molar-refractivity contribution in [2.75, 3.05) is 37.5 Å². The molecule has 4 rings (SSSR count). The first-order valence-corrected chi connectivity index (χ1v) is 11.8. The Morgan fingerprint density at radius 2 is 1.97 bits per heavy atom. The second-order valence-electron chi connectivity index (χ2n) is 7.84. The minimum absolute atomic E-state index is 0.00935. The van der Waals surface area contributed by atoms with Crippen molar-refractivity contribution in [2.24, 2.45) is 0 Å². The monoisotopic (exact) mass is 437 g/mol. The summed E-state index contributed by atoms with van der Waals surface area (Å²) in [5.74, 6) is 1.32. The lowest BCUT2D eigenvalue weighted by atomic mass is 10.1. The second-order valence-corrected chi connectivity index (χ2v) is 8.70. The molecule has 7 heteroatoms. The molecule has 6 nitrogen and oxygen atoms in total. The van der Waals surface area contributed by atoms with Gasteiger partial charge in [0.25, 0.3) is 5.91 Å². The van der Waals surface area contributed by atoms with Crippen LogP contribution in [0, 0.1) is 0 Å². The number of methoxy groups -OCH3 is 1. The number of amides is 2. The maximum Gasteiger partial charge on any atom is 0.256 e. The molecular formula is C24H27N3O3S. The van der Waals surface area contributed by atoms with Crippen molar-refractivity contribution >= 4 is 41.4 Å². The molecule has 0 saturated carbocycles. The fraction of sp³-hybridized carbons (Fsp3) is 0.333. The van der Waals surface area contributed by atoms with Crippen LogP contribution in [0.2, 0.25) is 0 Å². The molecule has 2 aromatic carbocycles. The van der Waals surface area contributed by atoms with Crippen LogP contribution in [0.4, 0.5) is 5.69 Å². The van der Waals surface area contributed by atoms with Crippen molar-refractivity contribution in [1.29, 1.82) is 0 Å². The van der Waals surface area contributed by atoms with Crippen LogP contribution in [-0.4, -0.2) is 61.0 Å². The molecule has 162 valence electrons. The molecule has 2 N–H and O–H groups in total. The molecule has 1 fully saturated rings. The van der Waals surface area contributed by atoms with E-state index in [1.807, 2.05) is 65.8 Å². The number of hydrogen-bond donors (Lipinski definition) is 2. The third kappa shape index (κ3) is 4.88. The van der Waals surface area contributed by atoms with Crippen LogP contribution in [0.15, 0.2) is 42.5 Å². The highest BCUT2D eigenvalue weighted by Crippen LogP contribution is 2.29. The predicted molar refractivity (Wildman–Crippen MR) is 127 cm³/mol. The summed E-state index contributed by atoms with van der Waals surface area (Å²) in [5, 5.41) is 6.48. The number of carbonyl (C=O) groups is 2. The lowest BCUT2D eigenvalue weighted by Gasteiger charge is -2.21. The summed E-state index contributed by atoms with van der Waals surface area (Å²) in [4.78, 5) is 27.2. The van der Waals surface area contributed by atoms with E-state index in [4.69, 9.17) is 4.74 Å². The van der Waals surface area contributed by atoms with E-state index in [0.717, 1.165) is 29.0 Å². The van der Waals surface area contributed by atoms with E-state index in [0.29, 0.717) is 24.4 Å². The predicted octanol–water partition coefficient (Wildman–Crippen LogP) is 3.35. The average Bonchev–Trinajstić information content (AvgIpc) is 3.13. The molecule has 2 aliphatic heterocycles. The van der Waals surface area contributed by atoms with Crippen LogP contribution in [0.3, 0.4) is 0 Å². The first-order valence-electron chi connectivity index (χ1n) is 10.4. The average molecular weight is 438 g/mol. The molecule has 0 spiro atoms. The van der Waals surface area contributed by atoms with Gasteiger partial charge in [0.1, 0.15) is 5.75 Å². The standard InChI is InChI=1S/C24H27N3O3S/c1-30-20-8-5-16(6-9-20)3-4-17-7-10-22-21(11-17)24(29)27-14-18(12-19(27)13-25-22)26-23(28)15-31-2/h3-11,18-19,25H,12-15H2,1-2H3,(H,26,28)/b4-3+/t18?,19-/m0/s1. The topological polar surface area (TPSA) is 70.7 Å². The number of carbonyl (C=O) groups excluding carboxylic acids is 2. The first-order chi connectivity index (χ1) is 15.1. The van der Waals surface area contributed by atoms with Crippen molar-refractivity contribution in [3.63, 3.8) is 0 Å². The summed E-state index contributed by atoms with van der Waals surface area (Å²) < 4.78 is 5.20. The van der Waals surface area contributed by atoms with Gasteiger partial charge in [-0.25, -0.2) is 0 Å². The Balaban J connectivity index is 1.49. The molecule has 0 radical (unpaired) electrons. The normalized spacial score (nSPS) is 20.1. The van der Waals surface area contributed by atoms with Gasteiger partial charge in [-0.3, -0.25) is 9.59 Å². The number of benzene rings is 2. The zero-order valence-electron chi connectivity index (χ0n) is 17.8. The summed E-state index contributed by atoms with van der Waals surface area (Å²) in [6, 6.07) is 13.8. The van der Waals surface area contributed by atoms with Crippen LogP contribution in [-0.2, 0) is 4.79 Å². The Morgan fingerprint density at radius 1 is 1.23 bits per heavy atom. The highest BCUT2D eigenvalue weighted by molar-refractivity contribution is 7.99. The number of fused-ring (bicyclic) bond motifs is 2. The molecule has 2 atom stereocenters. The lowest BCUT2D eigenvalue weighted by molar-refractivity contribution is -0.119. The summed E-state index contributed by atoms with van der Waals surface area (Å²) in [6.45, 7) is 1.24. The largest absolute Gasteiger partial charge is 0.497 e. The van der Waals surface area contributed by atoms with Crippen molar-refractivity contribution in [1.82, 2.24) is 10.2 Å². The van der Waals surface area contributed by atoms with Crippen LogP contribution in [0.1, 0.15) is 27.9 Å². The molecule has 2 aromatic rings. The Hall–Kier alpha value is -2.93. The molecule has 0 aliphatic carbocycles. The number of hydrogen-bond acceptors (Lipinski definition) is 5. The van der Waals surface area contributed by atoms with Gasteiger partial charge < -0.3 is 20.3 Å². The van der Waals surface area contributed by atoms with Gasteiger partial charge in [0.2, 0.25) is 5.91 Å². The minimum Gasteiger partial charge on any atom is -0.497 e. The van der Waals surface area contributed by atoms with E-state index < -0.39 is 0 Å². The Kier molecular flexibility index (Phi) is 6.51. The van der Waals surface area contributed by atoms with Gasteiger partial charge in [0.05, 0.1) is 24.5 Å². The van der Waals surface area contributed by atoms with Gasteiger partial charge in [0, 0.05) is 24.8 Å². The van der Waals surface area contributed by atoms with Crippen LogP contribution >= 0.6 is 11.8 Å². The van der Waals surface area contributed by atoms with Gasteiger partial charge in [-0.1, -0.05) is 30.4 Å². The molecule has 0 aromatic heterocycles. The van der Waals surface area contributed by atoms with Gasteiger partial charge in [-0.05, 0) is 48.1 Å². The maximum absolute atomic E-state index is 13.3. The first kappa shape index (κ1) is 21.3. The number of nitrogens with one attached hydrogen (secondary N) is 2. The van der Waals surface area contributed by atoms with Crippen LogP contribution < -0.4 is 15.4 Å². The van der Waals surface area contributed by atoms with Gasteiger partial charge >= 0.3 is 0 Å². The number of nitrogens with zero attached hydrogens (tertiary/aromatic N) is 1. The van der Waals surface area contributed by atoms with Crippen molar-refractivity contribution in [3.8, 4) is 5.75 Å². The van der Waals surface area contributed by atoms with Crippen molar-refractivity contribution < 1.29 is 14.3 Å². The quantitative estimate of drug-likeness (QED) is 0.679. The molecule has 1 saturated heterocycles. The molecule has 2 aliphatic rings. The molecule has 1 unspecified atom stereocenters. The highest BCUT2D eigenvalue weighted by atomic mass is 32.2. The Morgan fingerprint density at radius 3 is 2.71 bits per heavy atom. The molecular weight excluding hydrogens is 410 g/mol. The van der Waals surface area contributed by atoms with Gasteiger partial charge in [0.15, 0.2) is 0 Å². The zero-order chi connectivity index (χ0) is 21.8. The zero-order valence-corrected chi connectivity index (χ0v) is 18.6. The molecule has 31 heavy (non-hydrogen) atoms. The summed E-state index contributed by atoms with van der Waals surface area (Å²) >= 11 is 1.50. The van der Waals surface area contributed by atoms with E-state index >= 15 is 0 Å². The van der Waals surface area contributed by atoms with E-state index in [1.54, 1.807) is 7.11 Å². The second kappa shape index (κ2) is 9.47. The smallest absolute Gasteiger partial charge is 0.256 e. The number of ether oxygens (including phenoxy) is 1. The Labute approximate surface area is 187 Å². The highest BCUT2D eigenvalue weighted by Gasteiger charge is 2.38. The molecule has 0 bridgehead atoms. The number of anilines is 1. The van der Waals surface area contributed by atoms with Crippen LogP contribution in [0.25, 0.3) is 12.2 Å². The minimum atomic E-state index is 0.00935. The molecule has 2 heterocycles. The van der Waals surface area contributed by atoms with Gasteiger partial charge in [-0.2, -0.15) is 11.8 Å². The van der Waals surface area contributed by atoms with E-state index in [2.05, 4.69) is 10.6 Å². The fourth-order valence-electron chi connectivity index (χ4n) is 4.15. The van der Waals surface area contributed by atoms with E-state index in [9.17, 15) is 9.59 Å². The summed E-state index contributed by atoms with van der Waals surface area (Å²) in [6.07, 6.45) is 6.71. The van der Waals surface area contributed by atoms with Crippen molar-refractivity contribution in [3.05, 3.63) is 59.2 Å². The number of thioether (sulfide) groups is 1. The third-order valence-electron chi connectivity index (χ3n) is 5.70. The lowest BCUT2D eigenvalue weighted by Crippen LogP contribution is -2.40. The van der Waals surface area contributed by atoms with E-state index in [-0.39, 0.29) is 23.9 Å². The third-order valence-corrected chi connectivity index (χ3v) is 6.25. The fourth-order valence-corrected chi connectivity index (χ4v) is 4.50. The van der Waals surface area contributed by atoms with Crippen molar-refractivity contribution in [2.45, 2.75) is 18.5 Å². The molecule has 2 amide bonds.